The number of ether oxygens (including phenoxy) is 1. The summed E-state index contributed by atoms with van der Waals surface area (Å²) in [4.78, 5) is 26.0. The van der Waals surface area contributed by atoms with E-state index in [0.29, 0.717) is 5.69 Å². The van der Waals surface area contributed by atoms with Gasteiger partial charge in [0, 0.05) is 5.69 Å². The molecule has 28 heavy (non-hydrogen) atoms. The average Bonchev–Trinajstić information content (AvgIpc) is 3.00. The first-order valence-electron chi connectivity index (χ1n) is 8.47. The second-order valence-corrected chi connectivity index (χ2v) is 8.56. The van der Waals surface area contributed by atoms with Gasteiger partial charge in [0.2, 0.25) is 0 Å². The molecule has 0 aliphatic carbocycles. The van der Waals surface area contributed by atoms with E-state index >= 15 is 0 Å². The molecule has 1 heterocycles. The fourth-order valence-electron chi connectivity index (χ4n) is 3.09. The van der Waals surface area contributed by atoms with Gasteiger partial charge in [-0.3, -0.25) is 4.79 Å². The minimum Gasteiger partial charge on any atom is -0.452 e. The first-order chi connectivity index (χ1) is 13.3. The van der Waals surface area contributed by atoms with Crippen LogP contribution in [0.3, 0.4) is 0 Å². The molecule has 0 unspecified atom stereocenters. The molecule has 1 aliphatic rings. The van der Waals surface area contributed by atoms with Gasteiger partial charge in [0.05, 0.1) is 17.5 Å². The zero-order chi connectivity index (χ0) is 20.3. The smallest absolute Gasteiger partial charge is 0.344 e. The van der Waals surface area contributed by atoms with E-state index in [0.717, 1.165) is 18.2 Å². The number of halogens is 2. The Morgan fingerprint density at radius 3 is 2.25 bits per heavy atom. The molecule has 1 fully saturated rings. The largest absolute Gasteiger partial charge is 0.452 e. The van der Waals surface area contributed by atoms with Crippen LogP contribution in [0, 0.1) is 11.6 Å². The number of para-hydroxylation sites is 1. The highest BCUT2D eigenvalue weighted by molar-refractivity contribution is 7.91. The lowest BCUT2D eigenvalue weighted by Gasteiger charge is -2.28. The van der Waals surface area contributed by atoms with Crippen LogP contribution in [0.2, 0.25) is 0 Å². The van der Waals surface area contributed by atoms with Gasteiger partial charge in [-0.1, -0.05) is 24.3 Å². The topological polar surface area (TPSA) is 80.8 Å². The fraction of sp³-hybridized carbons (Fsp3) is 0.263. The predicted molar refractivity (Wildman–Crippen MR) is 97.6 cm³/mol. The number of sulfone groups is 1. The lowest BCUT2D eigenvalue weighted by Crippen LogP contribution is -2.43. The van der Waals surface area contributed by atoms with Crippen molar-refractivity contribution < 1.29 is 31.5 Å². The van der Waals surface area contributed by atoms with Crippen LogP contribution in [0.25, 0.3) is 0 Å². The summed E-state index contributed by atoms with van der Waals surface area (Å²) in [6, 6.07) is 10.6. The van der Waals surface area contributed by atoms with E-state index in [9.17, 15) is 26.8 Å². The Kier molecular flexibility index (Phi) is 5.73. The number of rotatable bonds is 5. The number of carbonyl (C=O) groups excluding carboxylic acids is 2. The standard InChI is InChI=1S/C19H17F2NO5S/c20-15-7-4-8-16(21)18(15)19(24)27-11-17(23)22(13-5-2-1-3-6-13)14-9-10-28(25,26)12-14/h1-8,14H,9-12H2/t14-/m0/s1. The van der Waals surface area contributed by atoms with Crippen LogP contribution in [0.15, 0.2) is 48.5 Å². The maximum Gasteiger partial charge on any atom is 0.344 e. The molecule has 1 amide bonds. The van der Waals surface area contributed by atoms with E-state index in [-0.39, 0.29) is 17.9 Å². The van der Waals surface area contributed by atoms with Gasteiger partial charge in [-0.25, -0.2) is 22.0 Å². The summed E-state index contributed by atoms with van der Waals surface area (Å²) in [7, 11) is -3.27. The number of esters is 1. The maximum atomic E-state index is 13.7. The van der Waals surface area contributed by atoms with Crippen molar-refractivity contribution in [3.8, 4) is 0 Å². The van der Waals surface area contributed by atoms with Gasteiger partial charge in [-0.05, 0) is 30.7 Å². The Bertz CT molecular complexity index is 974. The number of anilines is 1. The van der Waals surface area contributed by atoms with Gasteiger partial charge in [-0.15, -0.1) is 0 Å². The van der Waals surface area contributed by atoms with E-state index in [2.05, 4.69) is 0 Å². The second-order valence-electron chi connectivity index (χ2n) is 6.33. The molecule has 0 saturated carbocycles. The van der Waals surface area contributed by atoms with Crippen molar-refractivity contribution in [1.29, 1.82) is 0 Å². The monoisotopic (exact) mass is 409 g/mol. The van der Waals surface area contributed by atoms with E-state index < -0.39 is 51.6 Å². The molecule has 2 aromatic carbocycles. The third-order valence-corrected chi connectivity index (χ3v) is 6.12. The van der Waals surface area contributed by atoms with E-state index in [4.69, 9.17) is 4.74 Å². The van der Waals surface area contributed by atoms with Crippen LogP contribution in [0.4, 0.5) is 14.5 Å². The Hall–Kier alpha value is -2.81. The molecule has 6 nitrogen and oxygen atoms in total. The van der Waals surface area contributed by atoms with Crippen molar-refractivity contribution in [3.05, 3.63) is 65.7 Å². The van der Waals surface area contributed by atoms with Crippen LogP contribution in [-0.2, 0) is 19.4 Å². The van der Waals surface area contributed by atoms with Gasteiger partial charge in [0.15, 0.2) is 16.4 Å². The number of nitrogens with zero attached hydrogens (tertiary/aromatic N) is 1. The van der Waals surface area contributed by atoms with Crippen molar-refractivity contribution in [2.45, 2.75) is 12.5 Å². The molecule has 9 heteroatoms. The van der Waals surface area contributed by atoms with Crippen molar-refractivity contribution in [2.75, 3.05) is 23.0 Å². The highest BCUT2D eigenvalue weighted by Crippen LogP contribution is 2.25. The number of amides is 1. The molecular weight excluding hydrogens is 392 g/mol. The molecule has 0 aromatic heterocycles. The third kappa shape index (κ3) is 4.36. The van der Waals surface area contributed by atoms with Gasteiger partial charge < -0.3 is 9.64 Å². The normalized spacial score (nSPS) is 17.9. The highest BCUT2D eigenvalue weighted by atomic mass is 32.2. The zero-order valence-electron chi connectivity index (χ0n) is 14.7. The number of benzene rings is 2. The van der Waals surface area contributed by atoms with Gasteiger partial charge in [0.25, 0.3) is 5.91 Å². The number of hydrogen-bond acceptors (Lipinski definition) is 5. The van der Waals surface area contributed by atoms with Crippen LogP contribution < -0.4 is 4.90 Å². The van der Waals surface area contributed by atoms with Crippen LogP contribution in [0.5, 0.6) is 0 Å². The Labute approximate surface area is 160 Å². The minimum atomic E-state index is -3.27. The molecule has 1 aliphatic heterocycles. The van der Waals surface area contributed by atoms with Crippen LogP contribution in [-0.4, -0.2) is 44.4 Å². The molecule has 1 saturated heterocycles. The fourth-order valence-corrected chi connectivity index (χ4v) is 4.79. The average molecular weight is 409 g/mol. The van der Waals surface area contributed by atoms with E-state index in [1.54, 1.807) is 30.3 Å². The van der Waals surface area contributed by atoms with Crippen LogP contribution in [0.1, 0.15) is 16.8 Å². The van der Waals surface area contributed by atoms with E-state index in [1.807, 2.05) is 0 Å². The first-order valence-corrected chi connectivity index (χ1v) is 10.3. The van der Waals surface area contributed by atoms with Gasteiger partial charge >= 0.3 is 5.97 Å². The molecule has 148 valence electrons. The highest BCUT2D eigenvalue weighted by Gasteiger charge is 2.36. The molecule has 0 bridgehead atoms. The first kappa shape index (κ1) is 19.9. The quantitative estimate of drug-likeness (QED) is 0.708. The lowest BCUT2D eigenvalue weighted by atomic mass is 10.2. The second kappa shape index (κ2) is 8.05. The summed E-state index contributed by atoms with van der Waals surface area (Å²) < 4.78 is 55.8. The van der Waals surface area contributed by atoms with Gasteiger partial charge in [-0.2, -0.15) is 0 Å². The lowest BCUT2D eigenvalue weighted by molar-refractivity contribution is -0.122. The summed E-state index contributed by atoms with van der Waals surface area (Å²) in [6.07, 6.45) is 0.249. The third-order valence-electron chi connectivity index (χ3n) is 4.37. The predicted octanol–water partition coefficient (Wildman–Crippen LogP) is 2.34. The molecule has 0 radical (unpaired) electrons. The van der Waals surface area contributed by atoms with Crippen molar-refractivity contribution in [1.82, 2.24) is 0 Å². The van der Waals surface area contributed by atoms with Crippen molar-refractivity contribution in [2.24, 2.45) is 0 Å². The summed E-state index contributed by atoms with van der Waals surface area (Å²) in [5.41, 5.74) is -0.437. The summed E-state index contributed by atoms with van der Waals surface area (Å²) in [6.45, 7) is -0.780. The molecule has 0 spiro atoms. The Morgan fingerprint density at radius 2 is 1.68 bits per heavy atom. The van der Waals surface area contributed by atoms with E-state index in [1.165, 1.54) is 4.90 Å². The Balaban J connectivity index is 1.78. The zero-order valence-corrected chi connectivity index (χ0v) is 15.5. The molecule has 3 rings (SSSR count). The molecule has 2 aromatic rings. The van der Waals surface area contributed by atoms with Crippen molar-refractivity contribution >= 4 is 27.4 Å². The maximum absolute atomic E-state index is 13.7. The minimum absolute atomic E-state index is 0.0471. The van der Waals surface area contributed by atoms with Crippen LogP contribution >= 0.6 is 0 Å². The molecular formula is C19H17F2NO5S. The molecule has 1 atom stereocenters. The number of hydrogen-bond donors (Lipinski definition) is 0. The Morgan fingerprint density at radius 1 is 1.04 bits per heavy atom. The SMILES string of the molecule is O=C(OCC(=O)N(c1ccccc1)[C@H]1CCS(=O)(=O)C1)c1c(F)cccc1F. The summed E-state index contributed by atoms with van der Waals surface area (Å²) >= 11 is 0. The van der Waals surface area contributed by atoms with Crippen molar-refractivity contribution in [3.63, 3.8) is 0 Å². The van der Waals surface area contributed by atoms with Gasteiger partial charge in [0.1, 0.15) is 17.2 Å². The number of carbonyl (C=O) groups is 2. The summed E-state index contributed by atoms with van der Waals surface area (Å²) in [5, 5.41) is 0. The molecule has 0 N–H and O–H groups in total. The summed E-state index contributed by atoms with van der Waals surface area (Å²) in [5.74, 6) is -4.44.